The quantitative estimate of drug-likeness (QED) is 0.254. The summed E-state index contributed by atoms with van der Waals surface area (Å²) in [6.45, 7) is 1.08. The van der Waals surface area contributed by atoms with Gasteiger partial charge in [-0.25, -0.2) is 0 Å². The number of carboxylic acid groups (broad SMARTS) is 1. The van der Waals surface area contributed by atoms with Gasteiger partial charge in [0.25, 0.3) is 5.69 Å². The van der Waals surface area contributed by atoms with Crippen molar-refractivity contribution in [1.82, 2.24) is 15.3 Å². The lowest BCUT2D eigenvalue weighted by Gasteiger charge is -2.17. The number of nitrogens with one attached hydrogen (secondary N) is 3. The minimum Gasteiger partial charge on any atom is -0.480 e. The number of carboxylic acids is 1. The fourth-order valence-electron chi connectivity index (χ4n) is 2.21. The van der Waals surface area contributed by atoms with Crippen LogP contribution in [0.15, 0.2) is 21.7 Å². The summed E-state index contributed by atoms with van der Waals surface area (Å²) in [5.74, 6) is -1.30. The fraction of sp³-hybridized carbons (Fsp3) is 0.308. The number of carbonyl (C=O) groups is 1. The van der Waals surface area contributed by atoms with Gasteiger partial charge in [-0.3, -0.25) is 29.8 Å². The largest absolute Gasteiger partial charge is 0.480 e. The molecule has 1 aromatic heterocycles. The molecule has 0 bridgehead atoms. The lowest BCUT2D eigenvalue weighted by Crippen LogP contribution is -2.44. The van der Waals surface area contributed by atoms with E-state index in [1.54, 1.807) is 0 Å². The molecule has 0 saturated carbocycles. The van der Waals surface area contributed by atoms with Crippen LogP contribution in [0.25, 0.3) is 11.0 Å². The van der Waals surface area contributed by atoms with E-state index in [4.69, 9.17) is 5.11 Å². The van der Waals surface area contributed by atoms with Crippen LogP contribution in [0.3, 0.4) is 0 Å². The summed E-state index contributed by atoms with van der Waals surface area (Å²) in [7, 11) is 0. The van der Waals surface area contributed by atoms with Crippen LogP contribution in [0, 0.1) is 10.1 Å². The molecular formula is C13H14N4O7. The first-order valence-corrected chi connectivity index (χ1v) is 6.78. The standard InChI is InChI=1S/C13H14N4O7/c1-5(18)9(13(21)22)14-4-6-2-7(17(23)24)3-8-10(6)16-12(20)11(19)15-8/h2-3,5,9,14,18H,4H2,1H3,(H,15,19)(H,16,20)(H,21,22)/t5-,9+/m1/s1. The molecule has 0 aliphatic carbocycles. The van der Waals surface area contributed by atoms with E-state index in [2.05, 4.69) is 15.3 Å². The first-order valence-electron chi connectivity index (χ1n) is 6.78. The second-order valence-corrected chi connectivity index (χ2v) is 5.13. The molecule has 0 amide bonds. The molecule has 1 heterocycles. The van der Waals surface area contributed by atoms with Crippen molar-refractivity contribution in [3.8, 4) is 0 Å². The molecule has 128 valence electrons. The van der Waals surface area contributed by atoms with Gasteiger partial charge >= 0.3 is 17.1 Å². The summed E-state index contributed by atoms with van der Waals surface area (Å²) in [6, 6.07) is 0.915. The van der Waals surface area contributed by atoms with Gasteiger partial charge in [0.05, 0.1) is 22.1 Å². The number of nitro groups is 1. The van der Waals surface area contributed by atoms with E-state index in [0.29, 0.717) is 0 Å². The van der Waals surface area contributed by atoms with Gasteiger partial charge in [0.15, 0.2) is 0 Å². The zero-order valence-corrected chi connectivity index (χ0v) is 12.4. The normalized spacial score (nSPS) is 13.6. The van der Waals surface area contributed by atoms with Gasteiger partial charge in [0.2, 0.25) is 0 Å². The van der Waals surface area contributed by atoms with Crippen molar-refractivity contribution >= 4 is 22.7 Å². The maximum absolute atomic E-state index is 11.5. The Kier molecular flexibility index (Phi) is 4.76. The summed E-state index contributed by atoms with van der Waals surface area (Å²) >= 11 is 0. The number of aromatic nitrogens is 2. The Morgan fingerprint density at radius 2 is 1.96 bits per heavy atom. The molecular weight excluding hydrogens is 324 g/mol. The van der Waals surface area contributed by atoms with Crippen LogP contribution in [0.2, 0.25) is 0 Å². The average Bonchev–Trinajstić information content (AvgIpc) is 2.47. The Morgan fingerprint density at radius 1 is 1.33 bits per heavy atom. The lowest BCUT2D eigenvalue weighted by atomic mass is 10.1. The summed E-state index contributed by atoms with van der Waals surface area (Å²) in [5, 5.41) is 32.0. The molecule has 2 atom stereocenters. The Morgan fingerprint density at radius 3 is 2.50 bits per heavy atom. The molecule has 5 N–H and O–H groups in total. The third kappa shape index (κ3) is 3.47. The zero-order valence-electron chi connectivity index (χ0n) is 12.4. The van der Waals surface area contributed by atoms with Gasteiger partial charge in [-0.2, -0.15) is 0 Å². The number of hydrogen-bond donors (Lipinski definition) is 5. The van der Waals surface area contributed by atoms with Crippen LogP contribution in [0.5, 0.6) is 0 Å². The molecule has 0 unspecified atom stereocenters. The minimum atomic E-state index is -1.31. The fourth-order valence-corrected chi connectivity index (χ4v) is 2.21. The number of hydrogen-bond acceptors (Lipinski definition) is 7. The summed E-state index contributed by atoms with van der Waals surface area (Å²) in [6.07, 6.45) is -1.22. The molecule has 1 aromatic carbocycles. The van der Waals surface area contributed by atoms with Crippen molar-refractivity contribution < 1.29 is 19.9 Å². The second-order valence-electron chi connectivity index (χ2n) is 5.13. The molecule has 11 heteroatoms. The van der Waals surface area contributed by atoms with E-state index < -0.39 is 34.2 Å². The molecule has 0 aliphatic rings. The Hall–Kier alpha value is -3.05. The third-order valence-electron chi connectivity index (χ3n) is 3.37. The number of benzene rings is 1. The van der Waals surface area contributed by atoms with Crippen LogP contribution in [0.4, 0.5) is 5.69 Å². The van der Waals surface area contributed by atoms with E-state index >= 15 is 0 Å². The maximum Gasteiger partial charge on any atom is 0.323 e. The minimum absolute atomic E-state index is 0.0366. The molecule has 11 nitrogen and oxygen atoms in total. The van der Waals surface area contributed by atoms with E-state index in [-0.39, 0.29) is 28.8 Å². The van der Waals surface area contributed by atoms with E-state index in [0.717, 1.165) is 12.1 Å². The number of aliphatic hydroxyl groups is 1. The van der Waals surface area contributed by atoms with Gasteiger partial charge < -0.3 is 20.2 Å². The van der Waals surface area contributed by atoms with Crippen LogP contribution in [-0.2, 0) is 11.3 Å². The van der Waals surface area contributed by atoms with Gasteiger partial charge in [-0.1, -0.05) is 0 Å². The van der Waals surface area contributed by atoms with Crippen LogP contribution < -0.4 is 16.4 Å². The highest BCUT2D eigenvalue weighted by Crippen LogP contribution is 2.21. The summed E-state index contributed by atoms with van der Waals surface area (Å²) in [4.78, 5) is 48.7. The van der Waals surface area contributed by atoms with E-state index in [1.165, 1.54) is 6.92 Å². The highest BCUT2D eigenvalue weighted by Gasteiger charge is 2.23. The van der Waals surface area contributed by atoms with Crippen LogP contribution >= 0.6 is 0 Å². The monoisotopic (exact) mass is 338 g/mol. The highest BCUT2D eigenvalue weighted by atomic mass is 16.6. The predicted molar refractivity (Wildman–Crippen MR) is 81.8 cm³/mol. The van der Waals surface area contributed by atoms with E-state index in [1.807, 2.05) is 0 Å². The molecule has 0 saturated heterocycles. The number of aliphatic hydroxyl groups excluding tert-OH is 1. The molecule has 0 fully saturated rings. The highest BCUT2D eigenvalue weighted by molar-refractivity contribution is 5.80. The van der Waals surface area contributed by atoms with Gasteiger partial charge in [-0.05, 0) is 12.5 Å². The van der Waals surface area contributed by atoms with Gasteiger partial charge in [0.1, 0.15) is 6.04 Å². The van der Waals surface area contributed by atoms with Crippen LogP contribution in [0.1, 0.15) is 12.5 Å². The average molecular weight is 338 g/mol. The van der Waals surface area contributed by atoms with Crippen LogP contribution in [-0.4, -0.2) is 43.2 Å². The first kappa shape index (κ1) is 17.3. The number of aliphatic carboxylic acids is 1. The smallest absolute Gasteiger partial charge is 0.323 e. The summed E-state index contributed by atoms with van der Waals surface area (Å²) < 4.78 is 0. The zero-order chi connectivity index (χ0) is 18.0. The number of non-ortho nitro benzene ring substituents is 1. The molecule has 0 spiro atoms. The second kappa shape index (κ2) is 6.60. The van der Waals surface area contributed by atoms with Crippen molar-refractivity contribution in [1.29, 1.82) is 0 Å². The van der Waals surface area contributed by atoms with Gasteiger partial charge in [0, 0.05) is 18.7 Å². The number of nitro benzene ring substituents is 1. The van der Waals surface area contributed by atoms with Crippen molar-refractivity contribution in [3.05, 3.63) is 48.5 Å². The van der Waals surface area contributed by atoms with Crippen molar-refractivity contribution in [2.45, 2.75) is 25.6 Å². The molecule has 0 aliphatic heterocycles. The Bertz CT molecular complexity index is 915. The number of fused-ring (bicyclic) bond motifs is 1. The first-order chi connectivity index (χ1) is 11.2. The third-order valence-corrected chi connectivity index (χ3v) is 3.37. The van der Waals surface area contributed by atoms with Crippen molar-refractivity contribution in [2.75, 3.05) is 0 Å². The van der Waals surface area contributed by atoms with E-state index in [9.17, 15) is 29.6 Å². The van der Waals surface area contributed by atoms with Gasteiger partial charge in [-0.15, -0.1) is 0 Å². The maximum atomic E-state index is 11.5. The van der Waals surface area contributed by atoms with Crippen molar-refractivity contribution in [3.63, 3.8) is 0 Å². The number of nitrogens with zero attached hydrogens (tertiary/aromatic N) is 1. The SMILES string of the molecule is C[C@@H](O)[C@H](NCc1cc([N+](=O)[O-])cc2[nH]c(=O)c(=O)[nH]c12)C(=O)O. The molecule has 0 radical (unpaired) electrons. The lowest BCUT2D eigenvalue weighted by molar-refractivity contribution is -0.384. The topological polar surface area (TPSA) is 178 Å². The Balaban J connectivity index is 2.53. The van der Waals surface area contributed by atoms with Crippen molar-refractivity contribution in [2.24, 2.45) is 0 Å². The summed E-state index contributed by atoms with van der Waals surface area (Å²) in [5.41, 5.74) is -1.88. The predicted octanol–water partition coefficient (Wildman–Crippen LogP) is -0.952. The Labute approximate surface area is 133 Å². The molecule has 24 heavy (non-hydrogen) atoms. The number of H-pyrrole nitrogens is 2. The number of rotatable bonds is 6. The molecule has 2 aromatic rings. The number of aromatic amines is 2. The molecule has 2 rings (SSSR count).